The van der Waals surface area contributed by atoms with Gasteiger partial charge in [-0.05, 0) is 53.8 Å². The Kier molecular flexibility index (Phi) is 4.13. The fourth-order valence-electron chi connectivity index (χ4n) is 4.25. The van der Waals surface area contributed by atoms with Crippen LogP contribution in [0.4, 0.5) is 0 Å². The van der Waals surface area contributed by atoms with Crippen LogP contribution in [-0.2, 0) is 0 Å². The highest BCUT2D eigenvalue weighted by Gasteiger charge is 2.64. The Morgan fingerprint density at radius 3 is 2.22 bits per heavy atom. The Morgan fingerprint density at radius 2 is 1.78 bits per heavy atom. The minimum absolute atomic E-state index is 0.219. The van der Waals surface area contributed by atoms with E-state index in [-0.39, 0.29) is 10.0 Å². The molecule has 0 aromatic heterocycles. The van der Waals surface area contributed by atoms with E-state index in [1.165, 1.54) is 32.1 Å². The van der Waals surface area contributed by atoms with Crippen molar-refractivity contribution in [2.75, 3.05) is 6.26 Å². The second kappa shape index (κ2) is 5.04. The maximum atomic E-state index is 2.69. The van der Waals surface area contributed by atoms with Gasteiger partial charge in [0.05, 0.1) is 0 Å². The predicted molar refractivity (Wildman–Crippen MR) is 86.9 cm³/mol. The van der Waals surface area contributed by atoms with Crippen LogP contribution in [0.2, 0.25) is 0 Å². The summed E-state index contributed by atoms with van der Waals surface area (Å²) in [4.78, 5) is 0. The summed E-state index contributed by atoms with van der Waals surface area (Å²) in [6, 6.07) is 0. The molecule has 2 fully saturated rings. The summed E-state index contributed by atoms with van der Waals surface area (Å²) in [7, 11) is -0.219. The Labute approximate surface area is 117 Å². The summed E-state index contributed by atoms with van der Waals surface area (Å²) in [5.74, 6) is 1.06. The van der Waals surface area contributed by atoms with E-state index in [0.29, 0.717) is 5.41 Å². The summed E-state index contributed by atoms with van der Waals surface area (Å²) < 4.78 is 0. The van der Waals surface area contributed by atoms with Crippen LogP contribution in [0.1, 0.15) is 73.1 Å². The number of hydrogen-bond acceptors (Lipinski definition) is 0. The van der Waals surface area contributed by atoms with Gasteiger partial charge in [-0.2, -0.15) is 0 Å². The average Bonchev–Trinajstić information content (AvgIpc) is 3.15. The molecule has 1 aliphatic carbocycles. The summed E-state index contributed by atoms with van der Waals surface area (Å²) in [6.45, 7) is 12.3. The molecule has 0 spiro atoms. The number of unbranched alkanes of at least 4 members (excludes halogenated alkanes) is 1. The highest BCUT2D eigenvalue weighted by Crippen LogP contribution is 2.83. The largest absolute Gasteiger partial charge is 0.233 e. The van der Waals surface area contributed by atoms with Crippen LogP contribution < -0.4 is 0 Å². The van der Waals surface area contributed by atoms with E-state index in [9.17, 15) is 0 Å². The van der Waals surface area contributed by atoms with Gasteiger partial charge in [0.15, 0.2) is 0 Å². The molecule has 1 heterocycles. The molecule has 2 aliphatic rings. The standard InChI is InChI=1S/C17H34S/c1-7-9-10-17(4,5)12-16-14(8-2)18(16,6)15-11-13(15)3/h13-16H,7-12H2,1-6H3. The van der Waals surface area contributed by atoms with Gasteiger partial charge >= 0.3 is 0 Å². The van der Waals surface area contributed by atoms with Crippen LogP contribution in [0, 0.1) is 11.3 Å². The van der Waals surface area contributed by atoms with Gasteiger partial charge in [-0.1, -0.05) is 47.5 Å². The molecule has 0 aromatic carbocycles. The van der Waals surface area contributed by atoms with E-state index >= 15 is 0 Å². The first-order valence-electron chi connectivity index (χ1n) is 8.11. The van der Waals surface area contributed by atoms with Crippen molar-refractivity contribution in [1.82, 2.24) is 0 Å². The van der Waals surface area contributed by atoms with Gasteiger partial charge in [0.25, 0.3) is 0 Å². The highest BCUT2D eigenvalue weighted by atomic mass is 32.3. The van der Waals surface area contributed by atoms with Crippen molar-refractivity contribution in [3.05, 3.63) is 0 Å². The Bertz CT molecular complexity index is 296. The number of rotatable bonds is 7. The lowest BCUT2D eigenvalue weighted by molar-refractivity contribution is 0.300. The summed E-state index contributed by atoms with van der Waals surface area (Å²) >= 11 is 0. The monoisotopic (exact) mass is 270 g/mol. The molecule has 1 saturated heterocycles. The van der Waals surface area contributed by atoms with Crippen molar-refractivity contribution in [2.45, 2.75) is 88.9 Å². The van der Waals surface area contributed by atoms with Gasteiger partial charge in [0.2, 0.25) is 0 Å². The van der Waals surface area contributed by atoms with Gasteiger partial charge < -0.3 is 0 Å². The van der Waals surface area contributed by atoms with Gasteiger partial charge in [0.1, 0.15) is 0 Å². The second-order valence-corrected chi connectivity index (χ2v) is 11.9. The molecule has 0 nitrogen and oxygen atoms in total. The quantitative estimate of drug-likeness (QED) is 0.528. The topological polar surface area (TPSA) is 0 Å². The maximum absolute atomic E-state index is 2.69. The third kappa shape index (κ3) is 2.62. The molecule has 0 bridgehead atoms. The van der Waals surface area contributed by atoms with E-state index in [0.717, 1.165) is 21.7 Å². The van der Waals surface area contributed by atoms with E-state index in [1.807, 2.05) is 0 Å². The first-order chi connectivity index (χ1) is 8.36. The molecule has 108 valence electrons. The molecule has 2 rings (SSSR count). The van der Waals surface area contributed by atoms with Crippen LogP contribution in [-0.4, -0.2) is 22.0 Å². The summed E-state index contributed by atoms with van der Waals surface area (Å²) in [5.41, 5.74) is 0.594. The third-order valence-corrected chi connectivity index (χ3v) is 11.1. The Balaban J connectivity index is 1.93. The molecule has 1 aliphatic heterocycles. The SMILES string of the molecule is CCCCC(C)(C)CC1C(CC)S1(C)C1CC1C. The lowest BCUT2D eigenvalue weighted by Crippen LogP contribution is -2.15. The van der Waals surface area contributed by atoms with Gasteiger partial charge in [-0.3, -0.25) is 0 Å². The van der Waals surface area contributed by atoms with Gasteiger partial charge in [0, 0.05) is 5.25 Å². The average molecular weight is 271 g/mol. The molecule has 18 heavy (non-hydrogen) atoms. The van der Waals surface area contributed by atoms with E-state index in [1.54, 1.807) is 6.42 Å². The minimum Gasteiger partial charge on any atom is -0.233 e. The molecule has 0 aromatic rings. The molecule has 0 amide bonds. The molecule has 1 heteroatoms. The molecule has 0 N–H and O–H groups in total. The Hall–Kier alpha value is 0.350. The molecule has 5 unspecified atom stereocenters. The molecular formula is C17H34S. The van der Waals surface area contributed by atoms with Crippen molar-refractivity contribution < 1.29 is 0 Å². The van der Waals surface area contributed by atoms with Gasteiger partial charge in [-0.25, -0.2) is 10.0 Å². The minimum atomic E-state index is -0.219. The van der Waals surface area contributed by atoms with Crippen molar-refractivity contribution >= 4 is 10.0 Å². The van der Waals surface area contributed by atoms with Crippen LogP contribution in [0.15, 0.2) is 0 Å². The smallest absolute Gasteiger partial charge is 0.0000941 e. The van der Waals surface area contributed by atoms with Crippen LogP contribution in [0.25, 0.3) is 0 Å². The lowest BCUT2D eigenvalue weighted by atomic mass is 9.82. The predicted octanol–water partition coefficient (Wildman–Crippen LogP) is 5.60. The zero-order valence-electron chi connectivity index (χ0n) is 13.5. The fourth-order valence-corrected chi connectivity index (χ4v) is 10.4. The van der Waals surface area contributed by atoms with Crippen LogP contribution in [0.3, 0.4) is 0 Å². The van der Waals surface area contributed by atoms with E-state index in [4.69, 9.17) is 0 Å². The van der Waals surface area contributed by atoms with Crippen molar-refractivity contribution in [1.29, 1.82) is 0 Å². The molecule has 5 atom stereocenters. The normalized spacial score (nSPS) is 46.6. The molecule has 1 saturated carbocycles. The first kappa shape index (κ1) is 14.8. The van der Waals surface area contributed by atoms with Crippen molar-refractivity contribution in [3.63, 3.8) is 0 Å². The fraction of sp³-hybridized carbons (Fsp3) is 1.00. The molecule has 0 radical (unpaired) electrons. The van der Waals surface area contributed by atoms with Crippen LogP contribution >= 0.6 is 10.0 Å². The van der Waals surface area contributed by atoms with E-state index < -0.39 is 0 Å². The highest BCUT2D eigenvalue weighted by molar-refractivity contribution is 8.40. The van der Waals surface area contributed by atoms with Crippen LogP contribution in [0.5, 0.6) is 0 Å². The second-order valence-electron chi connectivity index (χ2n) is 7.82. The summed E-state index contributed by atoms with van der Waals surface area (Å²) in [6.07, 6.45) is 11.4. The number of hydrogen-bond donors (Lipinski definition) is 0. The maximum Gasteiger partial charge on any atom is 0.0000941 e. The zero-order chi connectivity index (χ0) is 13.6. The third-order valence-electron chi connectivity index (χ3n) is 5.69. The first-order valence-corrected chi connectivity index (χ1v) is 10.3. The zero-order valence-corrected chi connectivity index (χ0v) is 14.3. The van der Waals surface area contributed by atoms with Gasteiger partial charge in [-0.15, -0.1) is 0 Å². The molecular weight excluding hydrogens is 236 g/mol. The Morgan fingerprint density at radius 1 is 1.17 bits per heavy atom. The van der Waals surface area contributed by atoms with Crippen molar-refractivity contribution in [2.24, 2.45) is 11.3 Å². The summed E-state index contributed by atoms with van der Waals surface area (Å²) in [5, 5.41) is 3.38. The van der Waals surface area contributed by atoms with E-state index in [2.05, 4.69) is 40.9 Å². The van der Waals surface area contributed by atoms with Crippen molar-refractivity contribution in [3.8, 4) is 0 Å². The lowest BCUT2D eigenvalue weighted by Gasteiger charge is -2.27.